The van der Waals surface area contributed by atoms with Crippen LogP contribution in [0.1, 0.15) is 89.9 Å². The number of aryl methyl sites for hydroxylation is 1. The summed E-state index contributed by atoms with van der Waals surface area (Å²) in [5, 5.41) is 4.61. The van der Waals surface area contributed by atoms with Gasteiger partial charge in [-0.3, -0.25) is 9.69 Å². The molecule has 1 aromatic carbocycles. The number of benzene rings is 1. The first-order chi connectivity index (χ1) is 19.4. The maximum absolute atomic E-state index is 12.4. The Morgan fingerprint density at radius 3 is 2.32 bits per heavy atom. The smallest absolute Gasteiger partial charge is 0.237 e. The van der Waals surface area contributed by atoms with Gasteiger partial charge in [0.05, 0.1) is 28.2 Å². The van der Waals surface area contributed by atoms with E-state index in [1.54, 1.807) is 17.5 Å². The molecule has 4 rings (SSSR count). The molecule has 9 heteroatoms. The zero-order valence-electron chi connectivity index (χ0n) is 25.7. The van der Waals surface area contributed by atoms with E-state index in [0.29, 0.717) is 5.92 Å². The predicted molar refractivity (Wildman–Crippen MR) is 169 cm³/mol. The molecule has 3 unspecified atom stereocenters. The summed E-state index contributed by atoms with van der Waals surface area (Å²) in [6.07, 6.45) is 10.7. The monoisotopic (exact) mass is 582 g/mol. The van der Waals surface area contributed by atoms with Gasteiger partial charge in [-0.05, 0) is 75.6 Å². The minimum absolute atomic E-state index is 0.0214. The van der Waals surface area contributed by atoms with E-state index in [0.717, 1.165) is 55.5 Å². The van der Waals surface area contributed by atoms with E-state index in [4.69, 9.17) is 11.6 Å². The van der Waals surface area contributed by atoms with Crippen LogP contribution in [0.2, 0.25) is 0 Å². The van der Waals surface area contributed by atoms with E-state index in [9.17, 15) is 9.59 Å². The zero-order valence-corrected chi connectivity index (χ0v) is 26.5. The van der Waals surface area contributed by atoms with Gasteiger partial charge in [0, 0.05) is 11.9 Å². The van der Waals surface area contributed by atoms with E-state index in [1.165, 1.54) is 34.7 Å². The topological polar surface area (TPSA) is 118 Å². The second-order valence-electron chi connectivity index (χ2n) is 12.6. The van der Waals surface area contributed by atoms with Gasteiger partial charge in [-0.15, -0.1) is 11.3 Å². The molecule has 2 heterocycles. The van der Waals surface area contributed by atoms with Crippen molar-refractivity contribution in [2.75, 3.05) is 13.6 Å². The number of carbonyl (C=O) groups excluding carboxylic acids is 2. The number of nitrogens with one attached hydrogen (secondary N) is 1. The number of nitrogens with zero attached hydrogens (tertiary/aromatic N) is 3. The lowest BCUT2D eigenvalue weighted by Crippen LogP contribution is -2.46. The highest BCUT2D eigenvalue weighted by atomic mass is 32.1. The molecule has 41 heavy (non-hydrogen) atoms. The summed E-state index contributed by atoms with van der Waals surface area (Å²) < 4.78 is 0. The maximum Gasteiger partial charge on any atom is 0.237 e. The average molecular weight is 583 g/mol. The Morgan fingerprint density at radius 2 is 1.80 bits per heavy atom. The SMILES string of the molecule is CC(C)(C)C(C=O)N(N)/C=C(\N)C1CCCCC1.Cc1ncsc1-c1ccc(C(C)NC(=O)C2CCCN2C)cc1. The summed E-state index contributed by atoms with van der Waals surface area (Å²) in [7, 11) is 2.02. The van der Waals surface area contributed by atoms with Gasteiger partial charge in [-0.25, -0.2) is 10.8 Å². The van der Waals surface area contributed by atoms with Crippen molar-refractivity contribution in [3.05, 3.63) is 52.9 Å². The van der Waals surface area contributed by atoms with Crippen molar-refractivity contribution in [1.29, 1.82) is 0 Å². The minimum atomic E-state index is -0.348. The minimum Gasteiger partial charge on any atom is -0.401 e. The largest absolute Gasteiger partial charge is 0.401 e. The third-order valence-electron chi connectivity index (χ3n) is 8.31. The van der Waals surface area contributed by atoms with Crippen LogP contribution < -0.4 is 16.9 Å². The van der Waals surface area contributed by atoms with Gasteiger partial charge in [0.25, 0.3) is 0 Å². The van der Waals surface area contributed by atoms with Gasteiger partial charge in [-0.2, -0.15) is 0 Å². The highest BCUT2D eigenvalue weighted by Gasteiger charge is 2.29. The number of aldehydes is 1. The molecule has 2 aliphatic rings. The van der Waals surface area contributed by atoms with Gasteiger partial charge >= 0.3 is 0 Å². The van der Waals surface area contributed by atoms with Crippen LogP contribution in [0.25, 0.3) is 10.4 Å². The molecule has 1 aliphatic heterocycles. The van der Waals surface area contributed by atoms with Crippen LogP contribution in [0, 0.1) is 18.3 Å². The normalized spacial score (nSPS) is 20.1. The molecular formula is C32H50N6O2S. The number of likely N-dealkylation sites (tertiary alicyclic amines) is 1. The number of hydrazine groups is 1. The van der Waals surface area contributed by atoms with Crippen LogP contribution in [0.15, 0.2) is 41.7 Å². The molecular weight excluding hydrogens is 532 g/mol. The fourth-order valence-corrected chi connectivity index (χ4v) is 6.46. The highest BCUT2D eigenvalue weighted by molar-refractivity contribution is 7.13. The van der Waals surface area contributed by atoms with Crippen LogP contribution >= 0.6 is 11.3 Å². The van der Waals surface area contributed by atoms with Crippen molar-refractivity contribution in [2.24, 2.45) is 22.9 Å². The molecule has 0 radical (unpaired) electrons. The molecule has 2 fully saturated rings. The van der Waals surface area contributed by atoms with Gasteiger partial charge in [0.15, 0.2) is 0 Å². The number of carbonyl (C=O) groups is 2. The fraction of sp³-hybridized carbons (Fsp3) is 0.594. The van der Waals surface area contributed by atoms with Crippen molar-refractivity contribution in [3.63, 3.8) is 0 Å². The summed E-state index contributed by atoms with van der Waals surface area (Å²) in [5.41, 5.74) is 12.0. The van der Waals surface area contributed by atoms with E-state index in [1.807, 2.05) is 47.2 Å². The second kappa shape index (κ2) is 14.9. The van der Waals surface area contributed by atoms with E-state index in [2.05, 4.69) is 39.5 Å². The van der Waals surface area contributed by atoms with Crippen LogP contribution in [0.5, 0.6) is 0 Å². The Labute approximate surface area is 250 Å². The molecule has 1 amide bonds. The summed E-state index contributed by atoms with van der Waals surface area (Å²) >= 11 is 1.66. The molecule has 1 saturated carbocycles. The Morgan fingerprint density at radius 1 is 1.15 bits per heavy atom. The van der Waals surface area contributed by atoms with Crippen LogP contribution in [-0.4, -0.2) is 52.8 Å². The van der Waals surface area contributed by atoms with Gasteiger partial charge < -0.3 is 20.9 Å². The Hall–Kier alpha value is -2.75. The van der Waals surface area contributed by atoms with Crippen LogP contribution in [-0.2, 0) is 9.59 Å². The first kappa shape index (κ1) is 32.8. The number of amides is 1. The number of nitrogens with two attached hydrogens (primary N) is 2. The summed E-state index contributed by atoms with van der Waals surface area (Å²) in [4.78, 5) is 31.2. The number of thiazole rings is 1. The number of aromatic nitrogens is 1. The fourth-order valence-electron chi connectivity index (χ4n) is 5.65. The Balaban J connectivity index is 0.000000233. The quantitative estimate of drug-likeness (QED) is 0.212. The number of rotatable bonds is 8. The van der Waals surface area contributed by atoms with Gasteiger partial charge in [0.1, 0.15) is 12.3 Å². The van der Waals surface area contributed by atoms with Crippen molar-refractivity contribution >= 4 is 23.5 Å². The zero-order chi connectivity index (χ0) is 30.2. The number of likely N-dealkylation sites (N-methyl/N-ethyl adjacent to an activating group) is 1. The van der Waals surface area contributed by atoms with Gasteiger partial charge in [0.2, 0.25) is 5.91 Å². The van der Waals surface area contributed by atoms with E-state index >= 15 is 0 Å². The first-order valence-corrected chi connectivity index (χ1v) is 15.8. The lowest BCUT2D eigenvalue weighted by atomic mass is 9.86. The second-order valence-corrected chi connectivity index (χ2v) is 13.5. The van der Waals surface area contributed by atoms with E-state index in [-0.39, 0.29) is 29.4 Å². The summed E-state index contributed by atoms with van der Waals surface area (Å²) in [6.45, 7) is 11.1. The van der Waals surface area contributed by atoms with Crippen molar-refractivity contribution in [3.8, 4) is 10.4 Å². The molecule has 1 saturated heterocycles. The lowest BCUT2D eigenvalue weighted by molar-refractivity contribution is -0.125. The van der Waals surface area contributed by atoms with Crippen LogP contribution in [0.3, 0.4) is 0 Å². The molecule has 2 aromatic rings. The first-order valence-electron chi connectivity index (χ1n) is 14.9. The summed E-state index contributed by atoms with van der Waals surface area (Å²) in [6, 6.07) is 8.11. The standard InChI is InChI=1S/C18H23N3OS.C14H27N3O/c1-12(20-18(22)16-5-4-10-21(16)3)14-6-8-15(9-7-14)17-13(2)19-11-23-17;1-14(2,3)13(10-18)17(16)9-12(15)11-7-5-4-6-8-11/h6-9,11-12,16H,4-5,10H2,1-3H3,(H,20,22);9-11,13H,4-8,15-16H2,1-3H3/b;12-9-. The van der Waals surface area contributed by atoms with Crippen molar-refractivity contribution < 1.29 is 9.59 Å². The van der Waals surface area contributed by atoms with Crippen LogP contribution in [0.4, 0.5) is 0 Å². The average Bonchev–Trinajstić information content (AvgIpc) is 3.57. The third-order valence-corrected chi connectivity index (χ3v) is 9.29. The molecule has 3 atom stereocenters. The molecule has 1 aromatic heterocycles. The molecule has 0 bridgehead atoms. The van der Waals surface area contributed by atoms with Crippen molar-refractivity contribution in [2.45, 2.75) is 97.7 Å². The number of hydrogen-bond donors (Lipinski definition) is 3. The lowest BCUT2D eigenvalue weighted by Gasteiger charge is -2.33. The Kier molecular flexibility index (Phi) is 11.9. The maximum atomic E-state index is 12.4. The number of allylic oxidation sites excluding steroid dienone is 1. The number of hydrogen-bond acceptors (Lipinski definition) is 8. The molecule has 226 valence electrons. The Bertz CT molecular complexity index is 1150. The molecule has 8 nitrogen and oxygen atoms in total. The molecule has 0 spiro atoms. The third kappa shape index (κ3) is 9.12. The molecule has 1 aliphatic carbocycles. The highest BCUT2D eigenvalue weighted by Crippen LogP contribution is 2.29. The summed E-state index contributed by atoms with van der Waals surface area (Å²) in [5.74, 6) is 6.53. The molecule has 5 N–H and O–H groups in total. The predicted octanol–water partition coefficient (Wildman–Crippen LogP) is 5.55. The van der Waals surface area contributed by atoms with Gasteiger partial charge in [-0.1, -0.05) is 64.3 Å². The van der Waals surface area contributed by atoms with Crippen molar-refractivity contribution in [1.82, 2.24) is 20.2 Å². The van der Waals surface area contributed by atoms with E-state index < -0.39 is 0 Å².